The monoisotopic (exact) mass is 184 g/mol. The zero-order chi connectivity index (χ0) is 9.14. The molecule has 0 spiro atoms. The van der Waals surface area contributed by atoms with Gasteiger partial charge in [-0.1, -0.05) is 0 Å². The Kier molecular flexibility index (Phi) is 2.70. The van der Waals surface area contributed by atoms with Crippen LogP contribution in [0.1, 0.15) is 23.5 Å². The van der Waals surface area contributed by atoms with Crippen LogP contribution in [-0.4, -0.2) is 12.3 Å². The number of hydrogen-bond acceptors (Lipinski definition) is 4. The van der Waals surface area contributed by atoms with Gasteiger partial charge in [-0.15, -0.1) is 11.3 Å². The molecule has 0 bridgehead atoms. The number of hydrogen-bond donors (Lipinski definition) is 2. The Labute approximate surface area is 75.6 Å². The van der Waals surface area contributed by atoms with Crippen LogP contribution in [-0.2, 0) is 0 Å². The Morgan fingerprint density at radius 1 is 1.75 bits per heavy atom. The fraction of sp³-hybridized carbons (Fsp3) is 0.375. The number of carbonyl (C=O) groups excluding carboxylic acids is 1. The summed E-state index contributed by atoms with van der Waals surface area (Å²) in [6.07, 6.45) is 0. The summed E-state index contributed by atoms with van der Waals surface area (Å²) >= 11 is 1.41. The lowest BCUT2D eigenvalue weighted by molar-refractivity contribution is 0.102. The summed E-state index contributed by atoms with van der Waals surface area (Å²) in [6.45, 7) is 4.37. The maximum atomic E-state index is 11.0. The van der Waals surface area contributed by atoms with Crippen molar-refractivity contribution < 1.29 is 4.79 Å². The second-order valence-corrected chi connectivity index (χ2v) is 3.53. The molecule has 12 heavy (non-hydrogen) atoms. The molecule has 0 aliphatic carbocycles. The van der Waals surface area contributed by atoms with Gasteiger partial charge in [0, 0.05) is 13.5 Å². The zero-order valence-corrected chi connectivity index (χ0v) is 7.99. The smallest absolute Gasteiger partial charge is 0.171 e. The number of ketones is 1. The number of thiophene rings is 1. The number of nitrogens with one attached hydrogen (secondary N) is 1. The van der Waals surface area contributed by atoms with Gasteiger partial charge in [0.2, 0.25) is 0 Å². The second-order valence-electron chi connectivity index (χ2n) is 2.48. The molecule has 0 saturated carbocycles. The summed E-state index contributed by atoms with van der Waals surface area (Å²) in [6, 6.07) is 1.80. The number of Topliss-reactive ketones (excluding diaryl/α,β-unsaturated/α-hetero) is 1. The average Bonchev–Trinajstić information content (AvgIpc) is 2.32. The predicted molar refractivity (Wildman–Crippen MR) is 52.9 cm³/mol. The van der Waals surface area contributed by atoms with E-state index >= 15 is 0 Å². The van der Waals surface area contributed by atoms with Crippen LogP contribution >= 0.6 is 11.3 Å². The second kappa shape index (κ2) is 3.58. The molecule has 0 fully saturated rings. The number of rotatable bonds is 3. The molecule has 1 heterocycles. The highest BCUT2D eigenvalue weighted by molar-refractivity contribution is 7.18. The number of anilines is 2. The maximum absolute atomic E-state index is 11.0. The van der Waals surface area contributed by atoms with Gasteiger partial charge in [-0.25, -0.2) is 0 Å². The molecule has 0 unspecified atom stereocenters. The van der Waals surface area contributed by atoms with Gasteiger partial charge in [0.1, 0.15) is 0 Å². The third-order valence-electron chi connectivity index (χ3n) is 1.43. The highest BCUT2D eigenvalue weighted by atomic mass is 32.1. The minimum Gasteiger partial charge on any atom is -0.397 e. The third-order valence-corrected chi connectivity index (χ3v) is 2.64. The van der Waals surface area contributed by atoms with E-state index in [4.69, 9.17) is 5.73 Å². The maximum Gasteiger partial charge on any atom is 0.171 e. The molecule has 0 aliphatic heterocycles. The lowest BCUT2D eigenvalue weighted by atomic mass is 10.3. The predicted octanol–water partition coefficient (Wildman–Crippen LogP) is 1.96. The first-order chi connectivity index (χ1) is 5.65. The van der Waals surface area contributed by atoms with Crippen LogP contribution in [0.2, 0.25) is 0 Å². The molecule has 0 amide bonds. The van der Waals surface area contributed by atoms with Gasteiger partial charge in [-0.3, -0.25) is 4.79 Å². The molecule has 1 aromatic heterocycles. The van der Waals surface area contributed by atoms with Crippen LogP contribution in [0, 0.1) is 0 Å². The Balaban J connectivity index is 2.92. The standard InChI is InChI=1S/C8H12N2OS/c1-3-10-7-4-6(9)8(12-7)5(2)11/h4,10H,3,9H2,1-2H3. The van der Waals surface area contributed by atoms with Crippen LogP contribution in [0.4, 0.5) is 10.7 Å². The first-order valence-corrected chi connectivity index (χ1v) is 4.61. The topological polar surface area (TPSA) is 55.1 Å². The fourth-order valence-corrected chi connectivity index (χ4v) is 1.88. The van der Waals surface area contributed by atoms with Crippen molar-refractivity contribution in [1.29, 1.82) is 0 Å². The molecule has 1 aromatic rings. The average molecular weight is 184 g/mol. The van der Waals surface area contributed by atoms with Crippen molar-refractivity contribution in [3.63, 3.8) is 0 Å². The molecule has 0 atom stereocenters. The van der Waals surface area contributed by atoms with Crippen molar-refractivity contribution in [2.24, 2.45) is 0 Å². The van der Waals surface area contributed by atoms with Gasteiger partial charge in [0.05, 0.1) is 15.6 Å². The summed E-state index contributed by atoms with van der Waals surface area (Å²) in [5.74, 6) is 0.0293. The van der Waals surface area contributed by atoms with E-state index in [0.29, 0.717) is 10.6 Å². The molecule has 0 aromatic carbocycles. The van der Waals surface area contributed by atoms with E-state index in [1.807, 2.05) is 6.92 Å². The van der Waals surface area contributed by atoms with Crippen molar-refractivity contribution in [3.8, 4) is 0 Å². The molecule has 1 rings (SSSR count). The van der Waals surface area contributed by atoms with Crippen LogP contribution in [0.15, 0.2) is 6.07 Å². The van der Waals surface area contributed by atoms with Gasteiger partial charge in [-0.05, 0) is 13.0 Å². The highest BCUT2D eigenvalue weighted by Gasteiger charge is 2.09. The summed E-state index contributed by atoms with van der Waals surface area (Å²) in [5.41, 5.74) is 6.19. The Morgan fingerprint density at radius 3 is 2.83 bits per heavy atom. The Bertz CT molecular complexity index is 293. The number of nitrogen functional groups attached to an aromatic ring is 1. The van der Waals surface area contributed by atoms with E-state index in [0.717, 1.165) is 11.5 Å². The van der Waals surface area contributed by atoms with Gasteiger partial charge in [0.25, 0.3) is 0 Å². The SMILES string of the molecule is CCNc1cc(N)c(C(C)=O)s1. The largest absolute Gasteiger partial charge is 0.397 e. The lowest BCUT2D eigenvalue weighted by Crippen LogP contribution is -1.92. The van der Waals surface area contributed by atoms with Crippen LogP contribution in [0.5, 0.6) is 0 Å². The summed E-state index contributed by atoms with van der Waals surface area (Å²) in [5, 5.41) is 4.07. The molecular weight excluding hydrogens is 172 g/mol. The molecule has 3 nitrogen and oxygen atoms in total. The van der Waals surface area contributed by atoms with Gasteiger partial charge in [0.15, 0.2) is 5.78 Å². The van der Waals surface area contributed by atoms with Crippen LogP contribution < -0.4 is 11.1 Å². The normalized spacial score (nSPS) is 9.83. The summed E-state index contributed by atoms with van der Waals surface area (Å²) < 4.78 is 0. The van der Waals surface area contributed by atoms with Crippen molar-refractivity contribution >= 4 is 27.8 Å². The van der Waals surface area contributed by atoms with Crippen molar-refractivity contribution in [2.75, 3.05) is 17.6 Å². The molecule has 0 radical (unpaired) electrons. The van der Waals surface area contributed by atoms with E-state index in [1.165, 1.54) is 18.3 Å². The van der Waals surface area contributed by atoms with Gasteiger partial charge >= 0.3 is 0 Å². The molecule has 4 heteroatoms. The number of carbonyl (C=O) groups is 1. The minimum absolute atomic E-state index is 0.0293. The zero-order valence-electron chi connectivity index (χ0n) is 7.18. The minimum atomic E-state index is 0.0293. The van der Waals surface area contributed by atoms with E-state index in [1.54, 1.807) is 6.07 Å². The summed E-state index contributed by atoms with van der Waals surface area (Å²) in [7, 11) is 0. The molecule has 3 N–H and O–H groups in total. The van der Waals surface area contributed by atoms with E-state index in [9.17, 15) is 4.79 Å². The lowest BCUT2D eigenvalue weighted by Gasteiger charge is -1.94. The fourth-order valence-electron chi connectivity index (χ4n) is 0.942. The Morgan fingerprint density at radius 2 is 2.42 bits per heavy atom. The molecule has 66 valence electrons. The highest BCUT2D eigenvalue weighted by Crippen LogP contribution is 2.29. The van der Waals surface area contributed by atoms with Crippen LogP contribution in [0.25, 0.3) is 0 Å². The van der Waals surface area contributed by atoms with Gasteiger partial charge < -0.3 is 11.1 Å². The first kappa shape index (κ1) is 9.06. The molecule has 0 saturated heterocycles. The third kappa shape index (κ3) is 1.76. The molecule has 0 aliphatic rings. The van der Waals surface area contributed by atoms with Crippen molar-refractivity contribution in [1.82, 2.24) is 0 Å². The van der Waals surface area contributed by atoms with Crippen LogP contribution in [0.3, 0.4) is 0 Å². The van der Waals surface area contributed by atoms with Gasteiger partial charge in [-0.2, -0.15) is 0 Å². The van der Waals surface area contributed by atoms with E-state index in [-0.39, 0.29) is 5.78 Å². The van der Waals surface area contributed by atoms with Crippen molar-refractivity contribution in [2.45, 2.75) is 13.8 Å². The van der Waals surface area contributed by atoms with E-state index in [2.05, 4.69) is 5.32 Å². The van der Waals surface area contributed by atoms with Crippen molar-refractivity contribution in [3.05, 3.63) is 10.9 Å². The molecular formula is C8H12N2OS. The number of nitrogens with two attached hydrogens (primary N) is 1. The Hall–Kier alpha value is -1.03. The van der Waals surface area contributed by atoms with E-state index < -0.39 is 0 Å². The summed E-state index contributed by atoms with van der Waals surface area (Å²) in [4.78, 5) is 11.6. The quantitative estimate of drug-likeness (QED) is 0.706. The first-order valence-electron chi connectivity index (χ1n) is 3.79.